The minimum absolute atomic E-state index is 0.0283. The zero-order valence-corrected chi connectivity index (χ0v) is 11.1. The number of hydrogen-bond donors (Lipinski definition) is 2. The summed E-state index contributed by atoms with van der Waals surface area (Å²) in [6.07, 6.45) is 4.65. The van der Waals surface area contributed by atoms with Gasteiger partial charge >= 0.3 is 0 Å². The maximum atomic E-state index is 11.9. The van der Waals surface area contributed by atoms with E-state index in [1.807, 2.05) is 13.8 Å². The van der Waals surface area contributed by atoms with Crippen molar-refractivity contribution in [2.24, 2.45) is 0 Å². The number of aromatic hydroxyl groups is 1. The highest BCUT2D eigenvalue weighted by molar-refractivity contribution is 5.36. The van der Waals surface area contributed by atoms with Crippen LogP contribution < -0.4 is 10.5 Å². The van der Waals surface area contributed by atoms with Gasteiger partial charge in [-0.15, -0.1) is 0 Å². The second-order valence-electron chi connectivity index (χ2n) is 5.18. The van der Waals surface area contributed by atoms with Crippen LogP contribution in [0.3, 0.4) is 0 Å². The summed E-state index contributed by atoms with van der Waals surface area (Å²) in [4.78, 5) is 20.9. The summed E-state index contributed by atoms with van der Waals surface area (Å²) < 4.78 is 0. The third-order valence-corrected chi connectivity index (χ3v) is 3.41. The fourth-order valence-corrected chi connectivity index (χ4v) is 2.41. The Hall–Kier alpha value is -1.52. The van der Waals surface area contributed by atoms with Crippen molar-refractivity contribution in [2.45, 2.75) is 45.4 Å². The van der Waals surface area contributed by atoms with E-state index >= 15 is 0 Å². The van der Waals surface area contributed by atoms with E-state index in [0.29, 0.717) is 11.5 Å². The van der Waals surface area contributed by atoms with Crippen molar-refractivity contribution in [1.29, 1.82) is 0 Å². The second-order valence-corrected chi connectivity index (χ2v) is 5.18. The smallest absolute Gasteiger partial charge is 0.259 e. The summed E-state index contributed by atoms with van der Waals surface area (Å²) in [7, 11) is 0. The molecule has 1 saturated heterocycles. The molecule has 18 heavy (non-hydrogen) atoms. The molecule has 1 aromatic heterocycles. The van der Waals surface area contributed by atoms with Gasteiger partial charge in [-0.3, -0.25) is 9.78 Å². The molecule has 2 rings (SSSR count). The van der Waals surface area contributed by atoms with Crippen LogP contribution >= 0.6 is 0 Å². The molecule has 0 atom stereocenters. The standard InChI is InChI=1S/C13H21N3O2/c1-9(2)10-11(17)14-13(15-12(10)18)16-7-5-3-4-6-8-16/h9H,3-8H2,1-2H3,(H2,14,15,17,18). The summed E-state index contributed by atoms with van der Waals surface area (Å²) in [5, 5.41) is 9.89. The Bertz CT molecular complexity index is 460. The lowest BCUT2D eigenvalue weighted by Gasteiger charge is -2.21. The van der Waals surface area contributed by atoms with E-state index in [4.69, 9.17) is 0 Å². The highest BCUT2D eigenvalue weighted by Crippen LogP contribution is 2.22. The van der Waals surface area contributed by atoms with Crippen LogP contribution in [0.5, 0.6) is 5.88 Å². The van der Waals surface area contributed by atoms with Gasteiger partial charge in [0.25, 0.3) is 5.56 Å². The van der Waals surface area contributed by atoms with E-state index < -0.39 is 0 Å². The van der Waals surface area contributed by atoms with Gasteiger partial charge in [-0.05, 0) is 18.8 Å². The Morgan fingerprint density at radius 1 is 1.22 bits per heavy atom. The quantitative estimate of drug-likeness (QED) is 0.843. The Labute approximate surface area is 107 Å². The molecular formula is C13H21N3O2. The van der Waals surface area contributed by atoms with Crippen LogP contribution in [0.25, 0.3) is 0 Å². The molecule has 0 aromatic carbocycles. The van der Waals surface area contributed by atoms with Gasteiger partial charge in [-0.2, -0.15) is 4.98 Å². The molecule has 1 fully saturated rings. The number of hydrogen-bond acceptors (Lipinski definition) is 4. The van der Waals surface area contributed by atoms with Gasteiger partial charge in [0.15, 0.2) is 0 Å². The topological polar surface area (TPSA) is 69.2 Å². The summed E-state index contributed by atoms with van der Waals surface area (Å²) in [6.45, 7) is 5.53. The fraction of sp³-hybridized carbons (Fsp3) is 0.692. The van der Waals surface area contributed by atoms with Crippen LogP contribution in [0.2, 0.25) is 0 Å². The Morgan fingerprint density at radius 2 is 1.83 bits per heavy atom. The van der Waals surface area contributed by atoms with Crippen LogP contribution in [0.15, 0.2) is 4.79 Å². The summed E-state index contributed by atoms with van der Waals surface area (Å²) in [5.74, 6) is 0.344. The Balaban J connectivity index is 2.32. The molecular weight excluding hydrogens is 230 g/mol. The molecule has 1 aliphatic rings. The highest BCUT2D eigenvalue weighted by atomic mass is 16.3. The first kappa shape index (κ1) is 12.9. The van der Waals surface area contributed by atoms with Gasteiger partial charge in [0, 0.05) is 13.1 Å². The minimum Gasteiger partial charge on any atom is -0.493 e. The molecule has 2 N–H and O–H groups in total. The first-order chi connectivity index (χ1) is 8.59. The lowest BCUT2D eigenvalue weighted by Crippen LogP contribution is -2.29. The van der Waals surface area contributed by atoms with Crippen molar-refractivity contribution in [1.82, 2.24) is 9.97 Å². The van der Waals surface area contributed by atoms with Crippen molar-refractivity contribution in [3.8, 4) is 5.88 Å². The molecule has 0 amide bonds. The molecule has 0 unspecified atom stereocenters. The number of aromatic amines is 1. The van der Waals surface area contributed by atoms with Gasteiger partial charge in [-0.1, -0.05) is 26.7 Å². The molecule has 5 nitrogen and oxygen atoms in total. The fourth-order valence-electron chi connectivity index (χ4n) is 2.41. The maximum Gasteiger partial charge on any atom is 0.259 e. The second kappa shape index (κ2) is 5.42. The van der Waals surface area contributed by atoms with Crippen LogP contribution in [0, 0.1) is 0 Å². The Kier molecular flexibility index (Phi) is 3.89. The van der Waals surface area contributed by atoms with Crippen molar-refractivity contribution < 1.29 is 5.11 Å². The van der Waals surface area contributed by atoms with Gasteiger partial charge in [0.2, 0.25) is 11.8 Å². The number of nitrogens with zero attached hydrogens (tertiary/aromatic N) is 2. The third-order valence-electron chi connectivity index (χ3n) is 3.41. The van der Waals surface area contributed by atoms with E-state index in [1.165, 1.54) is 12.8 Å². The summed E-state index contributed by atoms with van der Waals surface area (Å²) in [5.41, 5.74) is 0.144. The molecule has 0 radical (unpaired) electrons. The average molecular weight is 251 g/mol. The van der Waals surface area contributed by atoms with Crippen molar-refractivity contribution in [3.05, 3.63) is 15.9 Å². The molecule has 100 valence electrons. The number of rotatable bonds is 2. The summed E-state index contributed by atoms with van der Waals surface area (Å²) in [6, 6.07) is 0. The van der Waals surface area contributed by atoms with E-state index in [-0.39, 0.29) is 17.4 Å². The van der Waals surface area contributed by atoms with E-state index in [9.17, 15) is 9.90 Å². The van der Waals surface area contributed by atoms with Gasteiger partial charge < -0.3 is 10.0 Å². The molecule has 2 heterocycles. The monoisotopic (exact) mass is 251 g/mol. The predicted molar refractivity (Wildman–Crippen MR) is 71.3 cm³/mol. The SMILES string of the molecule is CC(C)c1c(O)nc(N2CCCCCC2)[nH]c1=O. The lowest BCUT2D eigenvalue weighted by atomic mass is 10.1. The van der Waals surface area contributed by atoms with E-state index in [0.717, 1.165) is 25.9 Å². The Morgan fingerprint density at radius 3 is 2.33 bits per heavy atom. The predicted octanol–water partition coefficient (Wildman–Crippen LogP) is 1.98. The van der Waals surface area contributed by atoms with Crippen LogP contribution in [0.1, 0.15) is 51.0 Å². The highest BCUT2D eigenvalue weighted by Gasteiger charge is 2.18. The van der Waals surface area contributed by atoms with Gasteiger partial charge in [-0.25, -0.2) is 0 Å². The largest absolute Gasteiger partial charge is 0.493 e. The number of H-pyrrole nitrogens is 1. The zero-order valence-electron chi connectivity index (χ0n) is 11.1. The third kappa shape index (κ3) is 2.66. The first-order valence-corrected chi connectivity index (χ1v) is 6.67. The number of aromatic nitrogens is 2. The molecule has 0 aliphatic carbocycles. The minimum atomic E-state index is -0.225. The van der Waals surface area contributed by atoms with Crippen molar-refractivity contribution in [3.63, 3.8) is 0 Å². The summed E-state index contributed by atoms with van der Waals surface area (Å²) >= 11 is 0. The molecule has 1 aliphatic heterocycles. The first-order valence-electron chi connectivity index (χ1n) is 6.67. The van der Waals surface area contributed by atoms with E-state index in [2.05, 4.69) is 14.9 Å². The average Bonchev–Trinajstić information content (AvgIpc) is 2.55. The number of nitrogens with one attached hydrogen (secondary N) is 1. The molecule has 5 heteroatoms. The van der Waals surface area contributed by atoms with Crippen molar-refractivity contribution >= 4 is 5.95 Å². The van der Waals surface area contributed by atoms with Crippen LogP contribution in [-0.4, -0.2) is 28.2 Å². The molecule has 1 aromatic rings. The normalized spacial score (nSPS) is 16.9. The molecule has 0 saturated carbocycles. The maximum absolute atomic E-state index is 11.9. The number of anilines is 1. The van der Waals surface area contributed by atoms with E-state index in [1.54, 1.807) is 0 Å². The van der Waals surface area contributed by atoms with Crippen LogP contribution in [-0.2, 0) is 0 Å². The van der Waals surface area contributed by atoms with Crippen molar-refractivity contribution in [2.75, 3.05) is 18.0 Å². The molecule has 0 spiro atoms. The molecule has 0 bridgehead atoms. The zero-order chi connectivity index (χ0) is 13.1. The van der Waals surface area contributed by atoms with Gasteiger partial charge in [0.1, 0.15) is 0 Å². The van der Waals surface area contributed by atoms with Crippen LogP contribution in [0.4, 0.5) is 5.95 Å². The van der Waals surface area contributed by atoms with Gasteiger partial charge in [0.05, 0.1) is 5.56 Å². The lowest BCUT2D eigenvalue weighted by molar-refractivity contribution is 0.438.